The second kappa shape index (κ2) is 22.8. The molecule has 0 fully saturated rings. The number of carbonyl (C=O) groups excluding carboxylic acids is 1. The number of methoxy groups -OCH3 is 1. The van der Waals surface area contributed by atoms with Crippen molar-refractivity contribution in [1.82, 2.24) is 4.98 Å². The molecule has 1 aromatic rings. The van der Waals surface area contributed by atoms with Crippen molar-refractivity contribution in [2.75, 3.05) is 7.11 Å². The summed E-state index contributed by atoms with van der Waals surface area (Å²) in [5, 5.41) is 41.8. The van der Waals surface area contributed by atoms with Crippen LogP contribution in [0, 0.1) is 17.8 Å². The fourth-order valence-electron chi connectivity index (χ4n) is 5.43. The van der Waals surface area contributed by atoms with E-state index in [2.05, 4.69) is 4.98 Å². The van der Waals surface area contributed by atoms with Gasteiger partial charge in [-0.2, -0.15) is 0 Å². The zero-order valence-electron chi connectivity index (χ0n) is 30.4. The molecular formula is C41H57NO8. The standard InChI is InChI=1S/C41H57NO8/c1-28-18-12-8-11-15-23-39(47)50-40(32(5)37(46)25-31(4)43)29(2)19-13-9-10-14-21-35(44)26-38(48-7)33(6)41-42-34(27-49-41)20-16-17-22-36(45)30(3)24-28/h8-24,27,29-33,35-38,40,43-46H,25-26H2,1-7H3/b10-9+,11-8+,18-12+,19-13+,20-16+,21-14+,22-17-,23-15-,28-24+. The molecule has 50 heavy (non-hydrogen) atoms. The number of nitrogens with zero attached hydrogens (tertiary/aromatic N) is 1. The number of hydrogen-bond acceptors (Lipinski definition) is 9. The number of aliphatic hydroxyl groups excluding tert-OH is 4. The molecular weight excluding hydrogens is 634 g/mol. The molecule has 2 bridgehead atoms. The minimum absolute atomic E-state index is 0.134. The lowest BCUT2D eigenvalue weighted by atomic mass is 9.86. The van der Waals surface area contributed by atoms with Crippen molar-refractivity contribution >= 4 is 12.0 Å². The number of cyclic esters (lactones) is 1. The Balaban J connectivity index is 2.33. The number of rotatable bonds is 5. The fourth-order valence-corrected chi connectivity index (χ4v) is 5.43. The summed E-state index contributed by atoms with van der Waals surface area (Å²) in [6.45, 7) is 11.1. The number of aromatic nitrogens is 1. The second-order valence-corrected chi connectivity index (χ2v) is 13.0. The van der Waals surface area contributed by atoms with Crippen LogP contribution in [0.25, 0.3) is 6.08 Å². The average molecular weight is 692 g/mol. The number of esters is 1. The van der Waals surface area contributed by atoms with E-state index >= 15 is 0 Å². The predicted octanol–water partition coefficient (Wildman–Crippen LogP) is 6.72. The van der Waals surface area contributed by atoms with Crippen LogP contribution in [0.15, 0.2) is 113 Å². The zero-order chi connectivity index (χ0) is 37.1. The number of ether oxygens (including phenoxy) is 2. The minimum Gasteiger partial charge on any atom is -0.458 e. The van der Waals surface area contributed by atoms with Crippen LogP contribution in [-0.2, 0) is 14.3 Å². The van der Waals surface area contributed by atoms with Gasteiger partial charge in [0.2, 0.25) is 0 Å². The number of hydrogen-bond donors (Lipinski definition) is 4. The first kappa shape index (κ1) is 42.3. The second-order valence-electron chi connectivity index (χ2n) is 13.0. The molecule has 0 spiro atoms. The van der Waals surface area contributed by atoms with Crippen molar-refractivity contribution in [3.8, 4) is 0 Å². The maximum atomic E-state index is 12.8. The first-order chi connectivity index (χ1) is 23.8. The van der Waals surface area contributed by atoms with Crippen molar-refractivity contribution in [3.63, 3.8) is 0 Å². The summed E-state index contributed by atoms with van der Waals surface area (Å²) in [5.41, 5.74) is 1.60. The van der Waals surface area contributed by atoms with Gasteiger partial charge in [0.15, 0.2) is 5.89 Å². The zero-order valence-corrected chi connectivity index (χ0v) is 30.4. The molecule has 1 aromatic heterocycles. The van der Waals surface area contributed by atoms with Crippen LogP contribution in [-0.4, -0.2) is 75.1 Å². The Morgan fingerprint density at radius 1 is 0.860 bits per heavy atom. The molecule has 9 nitrogen and oxygen atoms in total. The van der Waals surface area contributed by atoms with Crippen LogP contribution in [0.1, 0.15) is 71.9 Å². The monoisotopic (exact) mass is 691 g/mol. The van der Waals surface area contributed by atoms with Gasteiger partial charge >= 0.3 is 5.97 Å². The van der Waals surface area contributed by atoms with Gasteiger partial charge in [-0.3, -0.25) is 0 Å². The molecule has 2 rings (SSSR count). The molecule has 10 unspecified atom stereocenters. The van der Waals surface area contributed by atoms with Gasteiger partial charge in [-0.05, 0) is 26.3 Å². The number of oxazole rings is 1. The van der Waals surface area contributed by atoms with Gasteiger partial charge in [0.1, 0.15) is 18.1 Å². The van der Waals surface area contributed by atoms with Gasteiger partial charge in [-0.15, -0.1) is 0 Å². The molecule has 0 saturated heterocycles. The lowest BCUT2D eigenvalue weighted by molar-refractivity contribution is -0.150. The van der Waals surface area contributed by atoms with Gasteiger partial charge in [0.05, 0.1) is 36.4 Å². The molecule has 9 heteroatoms. The number of aliphatic hydroxyl groups is 4. The van der Waals surface area contributed by atoms with E-state index in [-0.39, 0.29) is 30.3 Å². The number of allylic oxidation sites excluding steroid dienone is 12. The van der Waals surface area contributed by atoms with E-state index in [9.17, 15) is 25.2 Å². The van der Waals surface area contributed by atoms with E-state index < -0.39 is 42.4 Å². The van der Waals surface area contributed by atoms with Crippen LogP contribution in [0.4, 0.5) is 0 Å². The van der Waals surface area contributed by atoms with Crippen LogP contribution in [0.3, 0.4) is 0 Å². The Kier molecular flexibility index (Phi) is 19.3. The first-order valence-electron chi connectivity index (χ1n) is 17.3. The van der Waals surface area contributed by atoms with Gasteiger partial charge in [0, 0.05) is 37.4 Å². The quantitative estimate of drug-likeness (QED) is 0.248. The van der Waals surface area contributed by atoms with E-state index in [0.717, 1.165) is 5.57 Å². The summed E-state index contributed by atoms with van der Waals surface area (Å²) < 4.78 is 17.2. The minimum atomic E-state index is -0.873. The highest BCUT2D eigenvalue weighted by molar-refractivity contribution is 5.82. The SMILES string of the molecule is COC1CC(O)/C=C/C=C/C=C/C(C)C(C(C)C(O)CC(C)O)OC(=O)\C=C/C=C/C=C/C(C)=C/C(C)C(O)/C=C\C=C\c2coc(n2)C1C. The lowest BCUT2D eigenvalue weighted by Crippen LogP contribution is -2.38. The van der Waals surface area contributed by atoms with Gasteiger partial charge in [0.25, 0.3) is 0 Å². The summed E-state index contributed by atoms with van der Waals surface area (Å²) in [5.74, 6) is -1.10. The Bertz CT molecular complexity index is 1430. The Morgan fingerprint density at radius 3 is 2.16 bits per heavy atom. The normalized spacial score (nSPS) is 34.6. The van der Waals surface area contributed by atoms with Crippen molar-refractivity contribution in [2.24, 2.45) is 17.8 Å². The highest BCUT2D eigenvalue weighted by Gasteiger charge is 2.31. The molecule has 0 amide bonds. The Morgan fingerprint density at radius 2 is 1.48 bits per heavy atom. The summed E-state index contributed by atoms with van der Waals surface area (Å²) in [4.78, 5) is 17.3. The molecule has 0 radical (unpaired) electrons. The first-order valence-corrected chi connectivity index (χ1v) is 17.3. The molecule has 0 aromatic carbocycles. The third kappa shape index (κ3) is 15.8. The summed E-state index contributed by atoms with van der Waals surface area (Å²) in [6, 6.07) is 0. The smallest absolute Gasteiger partial charge is 0.331 e. The van der Waals surface area contributed by atoms with Crippen molar-refractivity contribution in [2.45, 2.75) is 96.9 Å². The molecule has 2 heterocycles. The largest absolute Gasteiger partial charge is 0.458 e. The van der Waals surface area contributed by atoms with Crippen LogP contribution < -0.4 is 0 Å². The molecule has 10 atom stereocenters. The van der Waals surface area contributed by atoms with Gasteiger partial charge in [-0.1, -0.05) is 124 Å². The van der Waals surface area contributed by atoms with E-state index in [4.69, 9.17) is 13.9 Å². The average Bonchev–Trinajstić information content (AvgIpc) is 3.55. The van der Waals surface area contributed by atoms with E-state index in [1.165, 1.54) is 6.08 Å². The predicted molar refractivity (Wildman–Crippen MR) is 199 cm³/mol. The lowest BCUT2D eigenvalue weighted by Gasteiger charge is -2.31. The number of carbonyl (C=O) groups is 1. The van der Waals surface area contributed by atoms with Crippen molar-refractivity contribution in [1.29, 1.82) is 0 Å². The fraction of sp³-hybridized carbons (Fsp3) is 0.463. The van der Waals surface area contributed by atoms with E-state index in [0.29, 0.717) is 18.0 Å². The highest BCUT2D eigenvalue weighted by atomic mass is 16.5. The summed E-state index contributed by atoms with van der Waals surface area (Å²) >= 11 is 0. The Hall–Kier alpha value is -3.86. The topological polar surface area (TPSA) is 142 Å². The molecule has 0 saturated carbocycles. The van der Waals surface area contributed by atoms with Crippen LogP contribution >= 0.6 is 0 Å². The third-order valence-corrected chi connectivity index (χ3v) is 8.50. The van der Waals surface area contributed by atoms with E-state index in [1.807, 2.05) is 58.1 Å². The van der Waals surface area contributed by atoms with Crippen molar-refractivity contribution < 1.29 is 39.1 Å². The third-order valence-electron chi connectivity index (χ3n) is 8.50. The molecule has 4 N–H and O–H groups in total. The van der Waals surface area contributed by atoms with Crippen LogP contribution in [0.5, 0.6) is 0 Å². The molecule has 274 valence electrons. The molecule has 0 aliphatic carbocycles. The highest BCUT2D eigenvalue weighted by Crippen LogP contribution is 2.26. The molecule has 1 aliphatic heterocycles. The van der Waals surface area contributed by atoms with Gasteiger partial charge in [-0.25, -0.2) is 9.78 Å². The summed E-state index contributed by atoms with van der Waals surface area (Å²) in [7, 11) is 1.59. The van der Waals surface area contributed by atoms with E-state index in [1.54, 1.807) is 94.1 Å². The van der Waals surface area contributed by atoms with Crippen LogP contribution in [0.2, 0.25) is 0 Å². The molecule has 1 aliphatic rings. The summed E-state index contributed by atoms with van der Waals surface area (Å²) in [6.07, 6.45) is 27.9. The maximum Gasteiger partial charge on any atom is 0.331 e. The maximum absolute atomic E-state index is 12.8. The van der Waals surface area contributed by atoms with Gasteiger partial charge < -0.3 is 34.3 Å². The van der Waals surface area contributed by atoms with Crippen molar-refractivity contribution in [3.05, 3.63) is 121 Å². The number of fused-ring (bicyclic) bond motifs is 2. The Labute approximate surface area is 298 Å².